The molecule has 2 aromatic carbocycles. The molecule has 1 atom stereocenters. The number of hydrogen-bond donors (Lipinski definition) is 1. The van der Waals surface area contributed by atoms with E-state index in [1.807, 2.05) is 45.0 Å². The zero-order valence-electron chi connectivity index (χ0n) is 21.3. The van der Waals surface area contributed by atoms with Gasteiger partial charge in [0.05, 0.1) is 19.1 Å². The third kappa shape index (κ3) is 7.99. The van der Waals surface area contributed by atoms with E-state index in [9.17, 15) is 18.0 Å². The van der Waals surface area contributed by atoms with Crippen LogP contribution in [-0.4, -0.2) is 57.6 Å². The van der Waals surface area contributed by atoms with Crippen LogP contribution in [-0.2, 0) is 32.6 Å². The number of carbonyl (C=O) groups is 2. The molecular formula is C26H37N3O5S. The van der Waals surface area contributed by atoms with E-state index < -0.39 is 28.5 Å². The van der Waals surface area contributed by atoms with Crippen LogP contribution < -0.4 is 14.4 Å². The minimum atomic E-state index is -3.75. The Bertz CT molecular complexity index is 1070. The molecule has 0 spiro atoms. The van der Waals surface area contributed by atoms with Crippen molar-refractivity contribution >= 4 is 27.5 Å². The summed E-state index contributed by atoms with van der Waals surface area (Å²) in [6.07, 6.45) is 3.05. The smallest absolute Gasteiger partial charge is 0.244 e. The molecule has 0 bridgehead atoms. The molecule has 0 saturated carbocycles. The van der Waals surface area contributed by atoms with E-state index >= 15 is 0 Å². The van der Waals surface area contributed by atoms with Gasteiger partial charge in [-0.05, 0) is 54.7 Å². The molecule has 0 aliphatic carbocycles. The molecule has 0 aliphatic rings. The summed E-state index contributed by atoms with van der Waals surface area (Å²) < 4.78 is 31.6. The maximum atomic E-state index is 13.6. The van der Waals surface area contributed by atoms with Crippen LogP contribution in [0.2, 0.25) is 0 Å². The first-order valence-electron chi connectivity index (χ1n) is 11.9. The zero-order chi connectivity index (χ0) is 26.0. The number of amides is 2. The monoisotopic (exact) mass is 503 g/mol. The fourth-order valence-electron chi connectivity index (χ4n) is 3.72. The average Bonchev–Trinajstić information content (AvgIpc) is 2.85. The highest BCUT2D eigenvalue weighted by Gasteiger charge is 2.31. The van der Waals surface area contributed by atoms with Crippen molar-refractivity contribution in [2.75, 3.05) is 30.8 Å². The molecule has 192 valence electrons. The largest absolute Gasteiger partial charge is 0.497 e. The number of nitrogens with one attached hydrogen (secondary N) is 1. The molecule has 9 heteroatoms. The fourth-order valence-corrected chi connectivity index (χ4v) is 4.57. The molecule has 0 fully saturated rings. The molecule has 0 unspecified atom stereocenters. The van der Waals surface area contributed by atoms with Gasteiger partial charge in [0.15, 0.2) is 0 Å². The number of aryl methyl sites for hydroxylation is 1. The third-order valence-electron chi connectivity index (χ3n) is 5.76. The van der Waals surface area contributed by atoms with Gasteiger partial charge < -0.3 is 15.0 Å². The maximum absolute atomic E-state index is 13.6. The van der Waals surface area contributed by atoms with Crippen LogP contribution in [0.4, 0.5) is 5.69 Å². The Morgan fingerprint density at radius 2 is 1.57 bits per heavy atom. The molecule has 0 aliphatic heterocycles. The summed E-state index contributed by atoms with van der Waals surface area (Å²) in [5.74, 6) is -0.0307. The minimum absolute atomic E-state index is 0.160. The van der Waals surface area contributed by atoms with Gasteiger partial charge in [0.2, 0.25) is 21.8 Å². The predicted molar refractivity (Wildman–Crippen MR) is 139 cm³/mol. The lowest BCUT2D eigenvalue weighted by atomic mass is 10.1. The van der Waals surface area contributed by atoms with E-state index in [1.54, 1.807) is 31.4 Å². The van der Waals surface area contributed by atoms with Gasteiger partial charge in [0.25, 0.3) is 0 Å². The molecule has 8 nitrogen and oxygen atoms in total. The second-order valence-electron chi connectivity index (χ2n) is 8.37. The Labute approximate surface area is 209 Å². The lowest BCUT2D eigenvalue weighted by Gasteiger charge is -2.33. The van der Waals surface area contributed by atoms with Crippen LogP contribution in [0.5, 0.6) is 5.75 Å². The quantitative estimate of drug-likeness (QED) is 0.452. The standard InChI is InChI=1S/C26H37N3O5S/c1-6-17-27-26(31)24(8-3)28(18-21-11-15-23(34-4)16-12-21)25(30)19-29(35(5,32)33)22-13-9-20(7-2)10-14-22/h9-16,24H,6-8,17-19H2,1-5H3,(H,27,31)/t24-/m0/s1. The molecule has 2 rings (SSSR count). The van der Waals surface area contributed by atoms with E-state index in [0.717, 1.165) is 34.5 Å². The Balaban J connectivity index is 2.40. The highest BCUT2D eigenvalue weighted by molar-refractivity contribution is 7.92. The summed E-state index contributed by atoms with van der Waals surface area (Å²) in [6.45, 7) is 6.06. The lowest BCUT2D eigenvalue weighted by Crippen LogP contribution is -2.52. The number of nitrogens with zero attached hydrogens (tertiary/aromatic N) is 2. The van der Waals surface area contributed by atoms with Crippen molar-refractivity contribution in [3.63, 3.8) is 0 Å². The second-order valence-corrected chi connectivity index (χ2v) is 10.3. The van der Waals surface area contributed by atoms with Gasteiger partial charge in [-0.3, -0.25) is 13.9 Å². The average molecular weight is 504 g/mol. The van der Waals surface area contributed by atoms with Crippen molar-refractivity contribution in [3.8, 4) is 5.75 Å². The van der Waals surface area contributed by atoms with E-state index in [2.05, 4.69) is 5.32 Å². The Kier molecular flexibility index (Phi) is 10.6. The Morgan fingerprint density at radius 1 is 0.971 bits per heavy atom. The number of carbonyl (C=O) groups excluding carboxylic acids is 2. The van der Waals surface area contributed by atoms with Crippen LogP contribution in [0.15, 0.2) is 48.5 Å². The van der Waals surface area contributed by atoms with Crippen molar-refractivity contribution in [1.82, 2.24) is 10.2 Å². The normalized spacial score (nSPS) is 12.0. The summed E-state index contributed by atoms with van der Waals surface area (Å²) in [6, 6.07) is 13.6. The highest BCUT2D eigenvalue weighted by Crippen LogP contribution is 2.21. The number of rotatable bonds is 13. The summed E-state index contributed by atoms with van der Waals surface area (Å²) in [7, 11) is -2.17. The number of sulfonamides is 1. The first kappa shape index (κ1) is 28.2. The molecule has 0 heterocycles. The summed E-state index contributed by atoms with van der Waals surface area (Å²) in [5, 5.41) is 2.87. The predicted octanol–water partition coefficient (Wildman–Crippen LogP) is 3.36. The van der Waals surface area contributed by atoms with Gasteiger partial charge in [-0.2, -0.15) is 0 Å². The van der Waals surface area contributed by atoms with Gasteiger partial charge in [-0.15, -0.1) is 0 Å². The van der Waals surface area contributed by atoms with E-state index in [0.29, 0.717) is 24.4 Å². The summed E-state index contributed by atoms with van der Waals surface area (Å²) >= 11 is 0. The maximum Gasteiger partial charge on any atom is 0.244 e. The van der Waals surface area contributed by atoms with Gasteiger partial charge in [0.1, 0.15) is 18.3 Å². The van der Waals surface area contributed by atoms with E-state index in [4.69, 9.17) is 4.74 Å². The van der Waals surface area contributed by atoms with Crippen LogP contribution in [0.1, 0.15) is 44.7 Å². The number of methoxy groups -OCH3 is 1. The van der Waals surface area contributed by atoms with Gasteiger partial charge in [-0.1, -0.05) is 45.0 Å². The SMILES string of the molecule is CCCNC(=O)[C@H](CC)N(Cc1ccc(OC)cc1)C(=O)CN(c1ccc(CC)cc1)S(C)(=O)=O. The van der Waals surface area contributed by atoms with Crippen LogP contribution in [0.25, 0.3) is 0 Å². The van der Waals surface area contributed by atoms with Crippen molar-refractivity contribution < 1.29 is 22.7 Å². The molecule has 0 radical (unpaired) electrons. The number of benzene rings is 2. The topological polar surface area (TPSA) is 96.0 Å². The molecule has 2 amide bonds. The fraction of sp³-hybridized carbons (Fsp3) is 0.462. The highest BCUT2D eigenvalue weighted by atomic mass is 32.2. The second kappa shape index (κ2) is 13.1. The molecule has 0 saturated heterocycles. The van der Waals surface area contributed by atoms with Gasteiger partial charge in [-0.25, -0.2) is 8.42 Å². The molecule has 0 aromatic heterocycles. The molecular weight excluding hydrogens is 466 g/mol. The van der Waals surface area contributed by atoms with Gasteiger partial charge >= 0.3 is 0 Å². The van der Waals surface area contributed by atoms with Crippen molar-refractivity contribution in [3.05, 3.63) is 59.7 Å². The number of ether oxygens (including phenoxy) is 1. The Hall–Kier alpha value is -3.07. The van der Waals surface area contributed by atoms with E-state index in [1.165, 1.54) is 4.90 Å². The Morgan fingerprint density at radius 3 is 2.06 bits per heavy atom. The molecule has 1 N–H and O–H groups in total. The van der Waals surface area contributed by atoms with Crippen LogP contribution >= 0.6 is 0 Å². The van der Waals surface area contributed by atoms with Crippen molar-refractivity contribution in [2.24, 2.45) is 0 Å². The van der Waals surface area contributed by atoms with Gasteiger partial charge in [0, 0.05) is 13.1 Å². The van der Waals surface area contributed by atoms with Crippen molar-refractivity contribution in [1.29, 1.82) is 0 Å². The van der Waals surface area contributed by atoms with Crippen LogP contribution in [0, 0.1) is 0 Å². The lowest BCUT2D eigenvalue weighted by molar-refractivity contribution is -0.140. The summed E-state index contributed by atoms with van der Waals surface area (Å²) in [4.78, 5) is 28.0. The first-order chi connectivity index (χ1) is 16.6. The molecule has 2 aromatic rings. The number of hydrogen-bond acceptors (Lipinski definition) is 5. The van der Waals surface area contributed by atoms with E-state index in [-0.39, 0.29) is 12.5 Å². The third-order valence-corrected chi connectivity index (χ3v) is 6.90. The summed E-state index contributed by atoms with van der Waals surface area (Å²) in [5.41, 5.74) is 2.28. The minimum Gasteiger partial charge on any atom is -0.497 e. The first-order valence-corrected chi connectivity index (χ1v) is 13.8. The van der Waals surface area contributed by atoms with Crippen molar-refractivity contribution in [2.45, 2.75) is 52.6 Å². The molecule has 35 heavy (non-hydrogen) atoms. The number of anilines is 1. The zero-order valence-corrected chi connectivity index (χ0v) is 22.1. The van der Waals surface area contributed by atoms with Crippen LogP contribution in [0.3, 0.4) is 0 Å².